The number of hydrogen-bond donors (Lipinski definition) is 1. The van der Waals surface area contributed by atoms with E-state index in [1.54, 1.807) is 0 Å². The van der Waals surface area contributed by atoms with Gasteiger partial charge in [0.25, 0.3) is 0 Å². The van der Waals surface area contributed by atoms with E-state index < -0.39 is 5.60 Å². The maximum Gasteiger partial charge on any atom is 0.410 e. The third-order valence-electron chi connectivity index (χ3n) is 4.50. The van der Waals surface area contributed by atoms with E-state index in [0.717, 1.165) is 31.8 Å². The van der Waals surface area contributed by atoms with Crippen molar-refractivity contribution in [3.63, 3.8) is 0 Å². The molecule has 116 valence electrons. The van der Waals surface area contributed by atoms with Crippen LogP contribution in [0.15, 0.2) is 0 Å². The number of rotatable bonds is 3. The molecule has 1 atom stereocenters. The molecule has 1 aliphatic carbocycles. The van der Waals surface area contributed by atoms with Crippen LogP contribution in [-0.4, -0.2) is 41.8 Å². The van der Waals surface area contributed by atoms with Crippen LogP contribution in [0.1, 0.15) is 59.8 Å². The fraction of sp³-hybridized carbons (Fsp3) is 0.938. The molecule has 0 radical (unpaired) electrons. The number of nitrogens with zero attached hydrogens (tertiary/aromatic N) is 1. The topological polar surface area (TPSA) is 41.6 Å². The van der Waals surface area contributed by atoms with Crippen LogP contribution in [0.4, 0.5) is 4.79 Å². The van der Waals surface area contributed by atoms with E-state index in [9.17, 15) is 4.79 Å². The number of carbonyl (C=O) groups is 1. The SMILES string of the molecule is CC(NC1CCN(C(=O)OC(C)(C)C)CC1)C1CCC1. The average molecular weight is 282 g/mol. The fourth-order valence-corrected chi connectivity index (χ4v) is 3.00. The highest BCUT2D eigenvalue weighted by Gasteiger charge is 2.29. The first-order chi connectivity index (χ1) is 9.35. The predicted octanol–water partition coefficient (Wildman–Crippen LogP) is 3.16. The highest BCUT2D eigenvalue weighted by atomic mass is 16.6. The highest BCUT2D eigenvalue weighted by Crippen LogP contribution is 2.30. The van der Waals surface area contributed by atoms with Crippen molar-refractivity contribution in [1.82, 2.24) is 10.2 Å². The van der Waals surface area contributed by atoms with Crippen molar-refractivity contribution in [3.8, 4) is 0 Å². The summed E-state index contributed by atoms with van der Waals surface area (Å²) in [4.78, 5) is 13.8. The summed E-state index contributed by atoms with van der Waals surface area (Å²) in [6, 6.07) is 1.19. The zero-order valence-electron chi connectivity index (χ0n) is 13.4. The van der Waals surface area contributed by atoms with Gasteiger partial charge in [-0.15, -0.1) is 0 Å². The monoisotopic (exact) mass is 282 g/mol. The second kappa shape index (κ2) is 6.33. The van der Waals surface area contributed by atoms with Gasteiger partial charge in [-0.1, -0.05) is 6.42 Å². The van der Waals surface area contributed by atoms with Gasteiger partial charge in [-0.3, -0.25) is 0 Å². The molecule has 0 aromatic heterocycles. The number of likely N-dealkylation sites (tertiary alicyclic amines) is 1. The Labute approximate surface area is 123 Å². The molecule has 20 heavy (non-hydrogen) atoms. The molecule has 1 heterocycles. The molecule has 2 fully saturated rings. The van der Waals surface area contributed by atoms with Gasteiger partial charge >= 0.3 is 6.09 Å². The number of hydrogen-bond acceptors (Lipinski definition) is 3. The minimum absolute atomic E-state index is 0.164. The molecule has 0 spiro atoms. The number of ether oxygens (including phenoxy) is 1. The number of carbonyl (C=O) groups excluding carboxylic acids is 1. The van der Waals surface area contributed by atoms with Crippen molar-refractivity contribution in [1.29, 1.82) is 0 Å². The van der Waals surface area contributed by atoms with Crippen LogP contribution >= 0.6 is 0 Å². The summed E-state index contributed by atoms with van der Waals surface area (Å²) in [6.07, 6.45) is 6.07. The van der Waals surface area contributed by atoms with E-state index >= 15 is 0 Å². The lowest BCUT2D eigenvalue weighted by molar-refractivity contribution is 0.0192. The Bertz CT molecular complexity index is 326. The molecule has 2 aliphatic rings. The minimum atomic E-state index is -0.398. The Morgan fingerprint density at radius 2 is 1.80 bits per heavy atom. The molecule has 1 amide bonds. The van der Waals surface area contributed by atoms with Crippen molar-refractivity contribution in [2.24, 2.45) is 5.92 Å². The lowest BCUT2D eigenvalue weighted by Crippen LogP contribution is -2.50. The van der Waals surface area contributed by atoms with Crippen LogP contribution in [-0.2, 0) is 4.74 Å². The van der Waals surface area contributed by atoms with Crippen molar-refractivity contribution in [2.45, 2.75) is 77.5 Å². The second-order valence-electron chi connectivity index (χ2n) is 7.39. The maximum absolute atomic E-state index is 12.0. The minimum Gasteiger partial charge on any atom is -0.444 e. The van der Waals surface area contributed by atoms with Crippen LogP contribution in [0.5, 0.6) is 0 Å². The standard InChI is InChI=1S/C16H30N2O2/c1-12(13-6-5-7-13)17-14-8-10-18(11-9-14)15(19)20-16(2,3)4/h12-14,17H,5-11H2,1-4H3. The van der Waals surface area contributed by atoms with Crippen LogP contribution in [0.25, 0.3) is 0 Å². The van der Waals surface area contributed by atoms with E-state index in [2.05, 4.69) is 12.2 Å². The quantitative estimate of drug-likeness (QED) is 0.864. The zero-order valence-corrected chi connectivity index (χ0v) is 13.4. The molecular weight excluding hydrogens is 252 g/mol. The lowest BCUT2D eigenvalue weighted by atomic mass is 9.80. The highest BCUT2D eigenvalue weighted by molar-refractivity contribution is 5.68. The average Bonchev–Trinajstić information content (AvgIpc) is 2.24. The summed E-state index contributed by atoms with van der Waals surface area (Å²) in [5, 5.41) is 3.75. The molecule has 1 unspecified atom stereocenters. The van der Waals surface area contributed by atoms with Crippen LogP contribution in [0.2, 0.25) is 0 Å². The predicted molar refractivity (Wildman–Crippen MR) is 80.8 cm³/mol. The van der Waals surface area contributed by atoms with Crippen molar-refractivity contribution < 1.29 is 9.53 Å². The van der Waals surface area contributed by atoms with Gasteiger partial charge in [0, 0.05) is 25.2 Å². The Kier molecular flexibility index (Phi) is 4.95. The summed E-state index contributed by atoms with van der Waals surface area (Å²) in [7, 11) is 0. The van der Waals surface area contributed by atoms with Gasteiger partial charge in [0.2, 0.25) is 0 Å². The molecule has 4 heteroatoms. The fourth-order valence-electron chi connectivity index (χ4n) is 3.00. The molecule has 2 rings (SSSR count). The van der Waals surface area contributed by atoms with Crippen LogP contribution in [0, 0.1) is 5.92 Å². The molecular formula is C16H30N2O2. The summed E-state index contributed by atoms with van der Waals surface area (Å²) in [6.45, 7) is 9.68. The van der Waals surface area contributed by atoms with Crippen LogP contribution < -0.4 is 5.32 Å². The number of amides is 1. The summed E-state index contributed by atoms with van der Waals surface area (Å²) >= 11 is 0. The van der Waals surface area contributed by atoms with Gasteiger partial charge in [0.1, 0.15) is 5.60 Å². The van der Waals surface area contributed by atoms with E-state index in [0.29, 0.717) is 12.1 Å². The van der Waals surface area contributed by atoms with Gasteiger partial charge in [0.05, 0.1) is 0 Å². The lowest BCUT2D eigenvalue weighted by Gasteiger charge is -2.38. The molecule has 1 N–H and O–H groups in total. The van der Waals surface area contributed by atoms with Crippen molar-refractivity contribution in [3.05, 3.63) is 0 Å². The largest absolute Gasteiger partial charge is 0.444 e. The first-order valence-corrected chi connectivity index (χ1v) is 8.09. The van der Waals surface area contributed by atoms with E-state index in [4.69, 9.17) is 4.74 Å². The third kappa shape index (κ3) is 4.37. The van der Waals surface area contributed by atoms with E-state index in [1.165, 1.54) is 19.3 Å². The van der Waals surface area contributed by atoms with E-state index in [-0.39, 0.29) is 6.09 Å². The molecule has 1 saturated carbocycles. The first-order valence-electron chi connectivity index (χ1n) is 8.09. The van der Waals surface area contributed by atoms with Gasteiger partial charge in [-0.2, -0.15) is 0 Å². The molecule has 1 aliphatic heterocycles. The normalized spacial score (nSPS) is 23.3. The van der Waals surface area contributed by atoms with Crippen LogP contribution in [0.3, 0.4) is 0 Å². The summed E-state index contributed by atoms with van der Waals surface area (Å²) in [5.74, 6) is 0.874. The van der Waals surface area contributed by atoms with Gasteiger partial charge in [-0.05, 0) is 59.3 Å². The number of piperidine rings is 1. The van der Waals surface area contributed by atoms with Gasteiger partial charge in [0.15, 0.2) is 0 Å². The maximum atomic E-state index is 12.0. The Morgan fingerprint density at radius 1 is 1.20 bits per heavy atom. The van der Waals surface area contributed by atoms with Gasteiger partial charge in [-0.25, -0.2) is 4.79 Å². The smallest absolute Gasteiger partial charge is 0.410 e. The van der Waals surface area contributed by atoms with Crippen molar-refractivity contribution >= 4 is 6.09 Å². The van der Waals surface area contributed by atoms with Crippen molar-refractivity contribution in [2.75, 3.05) is 13.1 Å². The van der Waals surface area contributed by atoms with E-state index in [1.807, 2.05) is 25.7 Å². The summed E-state index contributed by atoms with van der Waals surface area (Å²) in [5.41, 5.74) is -0.398. The molecule has 0 aromatic rings. The third-order valence-corrected chi connectivity index (χ3v) is 4.50. The van der Waals surface area contributed by atoms with Gasteiger partial charge < -0.3 is 15.0 Å². The molecule has 1 saturated heterocycles. The summed E-state index contributed by atoms with van der Waals surface area (Å²) < 4.78 is 5.42. The Balaban J connectivity index is 1.70. The Hall–Kier alpha value is -0.770. The zero-order chi connectivity index (χ0) is 14.8. The molecule has 0 bridgehead atoms. The molecule has 0 aromatic carbocycles. The Morgan fingerprint density at radius 3 is 2.25 bits per heavy atom. The first kappa shape index (κ1) is 15.6. The second-order valence-corrected chi connectivity index (χ2v) is 7.39. The number of nitrogens with one attached hydrogen (secondary N) is 1. The molecule has 4 nitrogen and oxygen atoms in total.